The van der Waals surface area contributed by atoms with E-state index in [-0.39, 0.29) is 11.9 Å². The van der Waals surface area contributed by atoms with E-state index in [1.165, 1.54) is 30.6 Å². The first-order valence-corrected chi connectivity index (χ1v) is 8.28. The number of aliphatic carboxylic acids is 1. The Morgan fingerprint density at radius 3 is 2.43 bits per heavy atom. The Hall–Kier alpha value is -1.26. The fourth-order valence-corrected chi connectivity index (χ4v) is 3.81. The van der Waals surface area contributed by atoms with Gasteiger partial charge >= 0.3 is 12.0 Å². The number of carbonyl (C=O) groups excluding carboxylic acids is 1. The van der Waals surface area contributed by atoms with Crippen molar-refractivity contribution in [3.8, 4) is 0 Å². The maximum atomic E-state index is 12.4. The van der Waals surface area contributed by atoms with Gasteiger partial charge < -0.3 is 15.3 Å². The number of hydrogen-bond acceptors (Lipinski definition) is 2. The van der Waals surface area contributed by atoms with Gasteiger partial charge in [-0.15, -0.1) is 0 Å². The maximum Gasteiger partial charge on any atom is 0.326 e. The number of urea groups is 1. The molecule has 120 valence electrons. The van der Waals surface area contributed by atoms with E-state index in [1.54, 1.807) is 0 Å². The molecule has 2 N–H and O–H groups in total. The quantitative estimate of drug-likeness (QED) is 0.841. The molecule has 2 rings (SSSR count). The van der Waals surface area contributed by atoms with Crippen LogP contribution in [0.3, 0.4) is 0 Å². The molecule has 2 fully saturated rings. The van der Waals surface area contributed by atoms with E-state index in [2.05, 4.69) is 12.2 Å². The largest absolute Gasteiger partial charge is 0.480 e. The summed E-state index contributed by atoms with van der Waals surface area (Å²) in [5.41, 5.74) is 0. The normalized spacial score (nSPS) is 33.5. The van der Waals surface area contributed by atoms with E-state index in [0.717, 1.165) is 12.8 Å². The van der Waals surface area contributed by atoms with Crippen LogP contribution < -0.4 is 5.32 Å². The summed E-state index contributed by atoms with van der Waals surface area (Å²) in [4.78, 5) is 25.3. The van der Waals surface area contributed by atoms with E-state index >= 15 is 0 Å². The second-order valence-corrected chi connectivity index (χ2v) is 6.80. The molecular formula is C16H28N2O3. The second kappa shape index (κ2) is 7.14. The van der Waals surface area contributed by atoms with E-state index in [1.807, 2.05) is 6.92 Å². The molecule has 0 aromatic carbocycles. The maximum absolute atomic E-state index is 12.4. The third-order valence-electron chi connectivity index (χ3n) is 5.25. The van der Waals surface area contributed by atoms with Gasteiger partial charge in [-0.1, -0.05) is 33.1 Å². The molecule has 21 heavy (non-hydrogen) atoms. The third kappa shape index (κ3) is 3.89. The number of nitrogens with zero attached hydrogens (tertiary/aromatic N) is 1. The summed E-state index contributed by atoms with van der Waals surface area (Å²) < 4.78 is 0. The van der Waals surface area contributed by atoms with Gasteiger partial charge in [0.15, 0.2) is 0 Å². The Morgan fingerprint density at radius 2 is 1.76 bits per heavy atom. The van der Waals surface area contributed by atoms with Crippen molar-refractivity contribution < 1.29 is 14.7 Å². The first-order valence-electron chi connectivity index (χ1n) is 8.28. The molecule has 0 radical (unpaired) electrons. The van der Waals surface area contributed by atoms with Crippen molar-refractivity contribution in [1.82, 2.24) is 10.2 Å². The lowest BCUT2D eigenvalue weighted by molar-refractivity contribution is -0.145. The van der Waals surface area contributed by atoms with Crippen LogP contribution in [0.25, 0.3) is 0 Å². The molecule has 0 aromatic heterocycles. The summed E-state index contributed by atoms with van der Waals surface area (Å²) in [6.45, 7) is 5.39. The fourth-order valence-electron chi connectivity index (χ4n) is 3.81. The van der Waals surface area contributed by atoms with Crippen LogP contribution in [-0.2, 0) is 4.79 Å². The molecule has 5 nitrogen and oxygen atoms in total. The van der Waals surface area contributed by atoms with Crippen LogP contribution >= 0.6 is 0 Å². The van der Waals surface area contributed by atoms with Crippen LogP contribution in [0.4, 0.5) is 4.79 Å². The molecule has 1 aliphatic carbocycles. The first kappa shape index (κ1) is 16.1. The summed E-state index contributed by atoms with van der Waals surface area (Å²) in [5, 5.41) is 12.3. The molecular weight excluding hydrogens is 268 g/mol. The molecule has 2 amide bonds. The molecule has 4 unspecified atom stereocenters. The smallest absolute Gasteiger partial charge is 0.326 e. The zero-order valence-electron chi connectivity index (χ0n) is 13.2. The van der Waals surface area contributed by atoms with Crippen LogP contribution in [-0.4, -0.2) is 41.1 Å². The summed E-state index contributed by atoms with van der Waals surface area (Å²) in [7, 11) is 0. The summed E-state index contributed by atoms with van der Waals surface area (Å²) >= 11 is 0. The highest BCUT2D eigenvalue weighted by Gasteiger charge is 2.37. The summed E-state index contributed by atoms with van der Waals surface area (Å²) in [6.07, 6.45) is 6.69. The highest BCUT2D eigenvalue weighted by molar-refractivity contribution is 5.83. The molecule has 0 bridgehead atoms. The summed E-state index contributed by atoms with van der Waals surface area (Å²) in [5.74, 6) is 0.321. The number of amides is 2. The molecule has 2 aliphatic rings. The zero-order valence-corrected chi connectivity index (χ0v) is 13.2. The van der Waals surface area contributed by atoms with Crippen LogP contribution in [0, 0.1) is 17.8 Å². The van der Waals surface area contributed by atoms with Crippen LogP contribution in [0.5, 0.6) is 0 Å². The number of nitrogens with one attached hydrogen (secondary N) is 1. The number of carbonyl (C=O) groups is 2. The predicted octanol–water partition coefficient (Wildman–Crippen LogP) is 2.71. The Morgan fingerprint density at radius 1 is 1.10 bits per heavy atom. The highest BCUT2D eigenvalue weighted by Crippen LogP contribution is 2.29. The Bertz CT molecular complexity index is 386. The number of likely N-dealkylation sites (tertiary alicyclic amines) is 1. The lowest BCUT2D eigenvalue weighted by Crippen LogP contribution is -2.55. The molecule has 1 saturated carbocycles. The molecule has 1 saturated heterocycles. The van der Waals surface area contributed by atoms with Crippen molar-refractivity contribution in [2.24, 2.45) is 17.8 Å². The Labute approximate surface area is 127 Å². The average molecular weight is 296 g/mol. The minimum absolute atomic E-state index is 0.0237. The van der Waals surface area contributed by atoms with Gasteiger partial charge in [0.2, 0.25) is 0 Å². The zero-order chi connectivity index (χ0) is 15.4. The van der Waals surface area contributed by atoms with Crippen LogP contribution in [0.2, 0.25) is 0 Å². The molecule has 0 spiro atoms. The molecule has 4 atom stereocenters. The van der Waals surface area contributed by atoms with E-state index in [4.69, 9.17) is 0 Å². The van der Waals surface area contributed by atoms with Crippen LogP contribution in [0.1, 0.15) is 52.4 Å². The van der Waals surface area contributed by atoms with Gasteiger partial charge in [-0.2, -0.15) is 0 Å². The minimum atomic E-state index is -0.886. The SMILES string of the molecule is CC1CCCCC1CNC(=O)N1CCCC(C)C1C(=O)O. The van der Waals surface area contributed by atoms with Gasteiger partial charge in [0, 0.05) is 13.1 Å². The Balaban J connectivity index is 1.90. The minimum Gasteiger partial charge on any atom is -0.480 e. The Kier molecular flexibility index (Phi) is 5.48. The molecule has 1 aliphatic heterocycles. The van der Waals surface area contributed by atoms with Gasteiger partial charge in [-0.25, -0.2) is 9.59 Å². The lowest BCUT2D eigenvalue weighted by atomic mass is 9.80. The van der Waals surface area contributed by atoms with Crippen molar-refractivity contribution in [2.75, 3.05) is 13.1 Å². The number of hydrogen-bond donors (Lipinski definition) is 2. The van der Waals surface area contributed by atoms with Crippen molar-refractivity contribution >= 4 is 12.0 Å². The van der Waals surface area contributed by atoms with Gasteiger partial charge in [0.1, 0.15) is 6.04 Å². The van der Waals surface area contributed by atoms with E-state index in [0.29, 0.717) is 24.9 Å². The third-order valence-corrected chi connectivity index (χ3v) is 5.25. The summed E-state index contributed by atoms with van der Waals surface area (Å²) in [6, 6.07) is -0.880. The van der Waals surface area contributed by atoms with Crippen molar-refractivity contribution in [3.63, 3.8) is 0 Å². The number of rotatable bonds is 3. The van der Waals surface area contributed by atoms with Gasteiger partial charge in [0.25, 0.3) is 0 Å². The van der Waals surface area contributed by atoms with Gasteiger partial charge in [-0.05, 0) is 37.0 Å². The predicted molar refractivity (Wildman–Crippen MR) is 81.0 cm³/mol. The molecule has 0 aromatic rings. The highest BCUT2D eigenvalue weighted by atomic mass is 16.4. The standard InChI is InChI=1S/C16H28N2O3/c1-11-6-3-4-8-13(11)10-17-16(21)18-9-5-7-12(2)14(18)15(19)20/h11-14H,3-10H2,1-2H3,(H,17,21)(H,19,20). The van der Waals surface area contributed by atoms with Crippen LogP contribution in [0.15, 0.2) is 0 Å². The van der Waals surface area contributed by atoms with Gasteiger partial charge in [0.05, 0.1) is 0 Å². The first-order chi connectivity index (χ1) is 10.0. The number of carboxylic acids is 1. The lowest BCUT2D eigenvalue weighted by Gasteiger charge is -2.38. The molecule has 1 heterocycles. The average Bonchev–Trinajstić information content (AvgIpc) is 2.45. The van der Waals surface area contributed by atoms with Crippen molar-refractivity contribution in [1.29, 1.82) is 0 Å². The fraction of sp³-hybridized carbons (Fsp3) is 0.875. The van der Waals surface area contributed by atoms with E-state index in [9.17, 15) is 14.7 Å². The van der Waals surface area contributed by atoms with Crippen molar-refractivity contribution in [2.45, 2.75) is 58.4 Å². The van der Waals surface area contributed by atoms with Crippen molar-refractivity contribution in [3.05, 3.63) is 0 Å². The number of carboxylic acid groups (broad SMARTS) is 1. The topological polar surface area (TPSA) is 69.6 Å². The van der Waals surface area contributed by atoms with E-state index < -0.39 is 12.0 Å². The monoisotopic (exact) mass is 296 g/mol. The van der Waals surface area contributed by atoms with Gasteiger partial charge in [-0.3, -0.25) is 0 Å². The second-order valence-electron chi connectivity index (χ2n) is 6.80. The number of piperidine rings is 1. The molecule has 5 heteroatoms.